The number of pyridine rings is 1. The molecule has 1 aromatic carbocycles. The normalized spacial score (nSPS) is 15.0. The van der Waals surface area contributed by atoms with Crippen LogP contribution < -0.4 is 4.74 Å². The number of hydrogen-bond donors (Lipinski definition) is 2. The van der Waals surface area contributed by atoms with E-state index in [2.05, 4.69) is 26.7 Å². The van der Waals surface area contributed by atoms with Gasteiger partial charge in [-0.2, -0.15) is 5.10 Å². The molecule has 0 saturated carbocycles. The highest BCUT2D eigenvalue weighted by Crippen LogP contribution is 2.36. The minimum atomic E-state index is -4.81. The molecule has 33 heavy (non-hydrogen) atoms. The number of amides is 1. The van der Waals surface area contributed by atoms with Gasteiger partial charge in [-0.15, -0.1) is 13.2 Å². The number of carbonyl (C=O) groups excluding carboxylic acids is 1. The lowest BCUT2D eigenvalue weighted by Gasteiger charge is -2.37. The molecule has 0 unspecified atom stereocenters. The van der Waals surface area contributed by atoms with E-state index in [1.54, 1.807) is 17.9 Å². The molecule has 1 fully saturated rings. The third kappa shape index (κ3) is 4.48. The molecule has 1 atom stereocenters. The number of carbonyl (C=O) groups is 1. The molecule has 0 radical (unpaired) electrons. The van der Waals surface area contributed by atoms with Crippen molar-refractivity contribution in [3.05, 3.63) is 47.8 Å². The van der Waals surface area contributed by atoms with Crippen LogP contribution >= 0.6 is 0 Å². The van der Waals surface area contributed by atoms with Crippen molar-refractivity contribution in [2.75, 3.05) is 19.7 Å². The lowest BCUT2D eigenvalue weighted by atomic mass is 9.92. The third-order valence-electron chi connectivity index (χ3n) is 5.26. The Morgan fingerprint density at radius 1 is 1.27 bits per heavy atom. The number of aliphatic hydroxyl groups is 2. The number of aliphatic hydroxyl groups excluding tert-OH is 2. The van der Waals surface area contributed by atoms with Crippen LogP contribution in [0.3, 0.4) is 0 Å². The largest absolute Gasteiger partial charge is 0.573 e. The van der Waals surface area contributed by atoms with Crippen LogP contribution in [0.1, 0.15) is 30.2 Å². The summed E-state index contributed by atoms with van der Waals surface area (Å²) in [4.78, 5) is 17.9. The second-order valence-corrected chi connectivity index (χ2v) is 7.42. The second-order valence-electron chi connectivity index (χ2n) is 7.42. The van der Waals surface area contributed by atoms with E-state index in [1.807, 2.05) is 0 Å². The first-order chi connectivity index (χ1) is 15.7. The Morgan fingerprint density at radius 3 is 2.58 bits per heavy atom. The number of nitrogens with zero attached hydrogens (tertiary/aromatic N) is 4. The number of aromatic nitrogens is 3. The quantitative estimate of drug-likeness (QED) is 0.567. The molecule has 2 N–H and O–H groups in total. The smallest absolute Gasteiger partial charge is 0.406 e. The molecule has 1 aliphatic heterocycles. The van der Waals surface area contributed by atoms with Crippen molar-refractivity contribution >= 4 is 16.9 Å². The zero-order valence-electron chi connectivity index (χ0n) is 17.4. The summed E-state index contributed by atoms with van der Waals surface area (Å²) in [5.41, 5.74) is 1.76. The topological polar surface area (TPSA) is 101 Å². The van der Waals surface area contributed by atoms with Crippen molar-refractivity contribution in [1.29, 1.82) is 0 Å². The number of alkyl halides is 3. The van der Waals surface area contributed by atoms with Gasteiger partial charge in [-0.05, 0) is 48.7 Å². The fraction of sp³-hybridized carbons (Fsp3) is 0.318. The Labute approximate surface area is 186 Å². The van der Waals surface area contributed by atoms with Gasteiger partial charge in [-0.1, -0.05) is 5.92 Å². The van der Waals surface area contributed by atoms with Gasteiger partial charge in [-0.3, -0.25) is 4.79 Å². The van der Waals surface area contributed by atoms with Gasteiger partial charge >= 0.3 is 6.36 Å². The van der Waals surface area contributed by atoms with Gasteiger partial charge in [0, 0.05) is 30.6 Å². The second kappa shape index (κ2) is 8.73. The lowest BCUT2D eigenvalue weighted by Crippen LogP contribution is -2.48. The van der Waals surface area contributed by atoms with Crippen LogP contribution in [-0.2, 0) is 4.79 Å². The van der Waals surface area contributed by atoms with E-state index in [1.165, 1.54) is 23.0 Å². The fourth-order valence-corrected chi connectivity index (χ4v) is 3.73. The van der Waals surface area contributed by atoms with Crippen molar-refractivity contribution in [2.45, 2.75) is 25.3 Å². The molecule has 0 bridgehead atoms. The Kier molecular flexibility index (Phi) is 5.97. The summed E-state index contributed by atoms with van der Waals surface area (Å²) in [5, 5.41) is 25.0. The van der Waals surface area contributed by atoms with E-state index < -0.39 is 19.1 Å². The fourth-order valence-electron chi connectivity index (χ4n) is 3.73. The van der Waals surface area contributed by atoms with Crippen LogP contribution in [0.15, 0.2) is 36.5 Å². The summed E-state index contributed by atoms with van der Waals surface area (Å²) in [6.07, 6.45) is -4.54. The van der Waals surface area contributed by atoms with E-state index in [4.69, 9.17) is 0 Å². The van der Waals surface area contributed by atoms with E-state index in [-0.39, 0.29) is 17.6 Å². The number of likely N-dealkylation sites (tertiary alicyclic amines) is 1. The van der Waals surface area contributed by atoms with Gasteiger partial charge in [0.25, 0.3) is 5.91 Å². The van der Waals surface area contributed by atoms with Crippen LogP contribution in [0.25, 0.3) is 16.7 Å². The molecule has 0 aliphatic carbocycles. The highest BCUT2D eigenvalue weighted by molar-refractivity contribution is 5.94. The molecule has 1 amide bonds. The van der Waals surface area contributed by atoms with Crippen molar-refractivity contribution < 1.29 is 32.9 Å². The molecule has 3 aromatic rings. The minimum Gasteiger partial charge on any atom is -0.406 e. The van der Waals surface area contributed by atoms with E-state index in [0.717, 1.165) is 12.1 Å². The first-order valence-electron chi connectivity index (χ1n) is 9.96. The molecule has 1 saturated heterocycles. The van der Waals surface area contributed by atoms with Gasteiger partial charge in [0.05, 0.1) is 18.0 Å². The molecule has 8 nitrogen and oxygen atoms in total. The van der Waals surface area contributed by atoms with Crippen LogP contribution in [0.4, 0.5) is 13.2 Å². The lowest BCUT2D eigenvalue weighted by molar-refractivity contribution is -0.274. The monoisotopic (exact) mass is 460 g/mol. The average Bonchev–Trinajstić information content (AvgIpc) is 3.11. The van der Waals surface area contributed by atoms with Crippen molar-refractivity contribution in [1.82, 2.24) is 19.7 Å². The van der Waals surface area contributed by atoms with Crippen LogP contribution in [-0.4, -0.2) is 61.8 Å². The van der Waals surface area contributed by atoms with E-state index >= 15 is 0 Å². The molecule has 3 heterocycles. The summed E-state index contributed by atoms with van der Waals surface area (Å²) < 4.78 is 42.8. The van der Waals surface area contributed by atoms with Crippen LogP contribution in [0.2, 0.25) is 0 Å². The zero-order chi connectivity index (χ0) is 23.8. The first kappa shape index (κ1) is 22.6. The molecule has 172 valence electrons. The highest BCUT2D eigenvalue weighted by atomic mass is 19.4. The number of halogens is 3. The van der Waals surface area contributed by atoms with Gasteiger partial charge in [0.15, 0.2) is 5.65 Å². The minimum absolute atomic E-state index is 0.168. The maximum atomic E-state index is 12.5. The van der Waals surface area contributed by atoms with Gasteiger partial charge in [0.2, 0.25) is 0 Å². The number of benzene rings is 1. The van der Waals surface area contributed by atoms with Crippen LogP contribution in [0.5, 0.6) is 5.75 Å². The molecular weight excluding hydrogens is 441 g/mol. The molecule has 1 aliphatic rings. The molecule has 2 aromatic heterocycles. The van der Waals surface area contributed by atoms with E-state index in [9.17, 15) is 28.2 Å². The van der Waals surface area contributed by atoms with Crippen LogP contribution in [0, 0.1) is 11.8 Å². The SMILES string of the molecule is CC#CC(=O)N1CC(c2nn(-c3ccc(OC(F)(F)F)cc3)c3nccc([C@H](O)CO)c23)C1. The predicted octanol–water partition coefficient (Wildman–Crippen LogP) is 2.29. The Balaban J connectivity index is 1.75. The molecule has 0 spiro atoms. The summed E-state index contributed by atoms with van der Waals surface area (Å²) in [7, 11) is 0. The number of ether oxygens (including phenoxy) is 1. The summed E-state index contributed by atoms with van der Waals surface area (Å²) in [6.45, 7) is 1.78. The standard InChI is InChI=1S/C22H19F3N4O4/c1-2-3-18(32)28-10-13(11-28)20-19-16(17(31)12-30)8-9-26-21(19)29(27-20)14-4-6-15(7-5-14)33-22(23,24)25/h4-9,13,17,30-31H,10-12H2,1H3/t17-/m1/s1. The maximum Gasteiger partial charge on any atom is 0.573 e. The molecule has 11 heteroatoms. The summed E-state index contributed by atoms with van der Waals surface area (Å²) in [6, 6.07) is 6.71. The first-order valence-corrected chi connectivity index (χ1v) is 9.96. The van der Waals surface area contributed by atoms with Gasteiger partial charge in [-0.25, -0.2) is 9.67 Å². The van der Waals surface area contributed by atoms with Crippen molar-refractivity contribution in [3.63, 3.8) is 0 Å². The molecular formula is C22H19F3N4O4. The Hall–Kier alpha value is -3.62. The number of rotatable bonds is 5. The Bertz CT molecular complexity index is 1240. The summed E-state index contributed by atoms with van der Waals surface area (Å²) >= 11 is 0. The number of hydrogen-bond acceptors (Lipinski definition) is 6. The van der Waals surface area contributed by atoms with Gasteiger partial charge in [0.1, 0.15) is 11.9 Å². The Morgan fingerprint density at radius 2 is 1.97 bits per heavy atom. The zero-order valence-corrected chi connectivity index (χ0v) is 17.4. The molecule has 4 rings (SSSR count). The predicted molar refractivity (Wildman–Crippen MR) is 110 cm³/mol. The third-order valence-corrected chi connectivity index (χ3v) is 5.26. The number of fused-ring (bicyclic) bond motifs is 1. The van der Waals surface area contributed by atoms with Crippen molar-refractivity contribution in [2.24, 2.45) is 0 Å². The van der Waals surface area contributed by atoms with Gasteiger partial charge < -0.3 is 19.8 Å². The highest BCUT2D eigenvalue weighted by Gasteiger charge is 2.36. The van der Waals surface area contributed by atoms with E-state index in [0.29, 0.717) is 41.1 Å². The average molecular weight is 460 g/mol. The maximum absolute atomic E-state index is 12.5. The van der Waals surface area contributed by atoms with Crippen molar-refractivity contribution in [3.8, 4) is 23.3 Å². The summed E-state index contributed by atoms with van der Waals surface area (Å²) in [5.74, 6) is 4.20.